The Morgan fingerprint density at radius 3 is 2.47 bits per heavy atom. The molecule has 3 aromatic rings. The Morgan fingerprint density at radius 2 is 1.69 bits per heavy atom. The van der Waals surface area contributed by atoms with Gasteiger partial charge < -0.3 is 19.9 Å². The van der Waals surface area contributed by atoms with Gasteiger partial charge in [0.1, 0.15) is 5.75 Å². The normalized spacial score (nSPS) is 18.5. The molecule has 0 aliphatic carbocycles. The van der Waals surface area contributed by atoms with Gasteiger partial charge >= 0.3 is 6.03 Å². The standard InChI is InChI=1S/C31H37N3O2/c1-36-30-13-7-12-28(22-30)32-31(35)34-23-27-11-6-5-10-26(27)21-29(34)16-19-33-17-14-25(15-18-33)20-24-8-3-2-4-9-24/h2-13,22,25,29H,14-21,23H2,1H3,(H,32,35). The number of rotatable bonds is 7. The third-order valence-corrected chi connectivity index (χ3v) is 7.79. The fourth-order valence-electron chi connectivity index (χ4n) is 5.67. The summed E-state index contributed by atoms with van der Waals surface area (Å²) in [5.41, 5.74) is 4.83. The second kappa shape index (κ2) is 11.6. The summed E-state index contributed by atoms with van der Waals surface area (Å²) in [7, 11) is 1.64. The van der Waals surface area contributed by atoms with Crippen molar-refractivity contribution in [3.05, 3.63) is 95.6 Å². The van der Waals surface area contributed by atoms with E-state index in [1.165, 1.54) is 36.0 Å². The van der Waals surface area contributed by atoms with Gasteiger partial charge in [0, 0.05) is 30.9 Å². The Balaban J connectivity index is 1.19. The predicted octanol–water partition coefficient (Wildman–Crippen LogP) is 6.00. The molecule has 0 bridgehead atoms. The van der Waals surface area contributed by atoms with Crippen LogP contribution < -0.4 is 10.1 Å². The number of ether oxygens (including phenoxy) is 1. The number of nitrogens with one attached hydrogen (secondary N) is 1. The summed E-state index contributed by atoms with van der Waals surface area (Å²) in [5, 5.41) is 3.11. The van der Waals surface area contributed by atoms with Crippen LogP contribution in [0.2, 0.25) is 0 Å². The minimum atomic E-state index is -0.0377. The molecule has 2 aliphatic heterocycles. The first-order valence-corrected chi connectivity index (χ1v) is 13.2. The molecule has 2 heterocycles. The highest BCUT2D eigenvalue weighted by Crippen LogP contribution is 2.28. The molecule has 2 amide bonds. The van der Waals surface area contributed by atoms with E-state index in [0.717, 1.165) is 49.8 Å². The quantitative estimate of drug-likeness (QED) is 0.448. The average Bonchev–Trinajstić information content (AvgIpc) is 2.93. The Morgan fingerprint density at radius 1 is 0.944 bits per heavy atom. The molecule has 1 atom stereocenters. The van der Waals surface area contributed by atoms with Gasteiger partial charge in [-0.25, -0.2) is 4.79 Å². The summed E-state index contributed by atoms with van der Waals surface area (Å²) in [6, 6.07) is 27.1. The summed E-state index contributed by atoms with van der Waals surface area (Å²) in [4.78, 5) is 18.0. The van der Waals surface area contributed by atoms with Crippen molar-refractivity contribution in [3.8, 4) is 5.75 Å². The molecule has 5 heteroatoms. The highest BCUT2D eigenvalue weighted by Gasteiger charge is 2.30. The van der Waals surface area contributed by atoms with E-state index in [9.17, 15) is 4.79 Å². The molecule has 0 radical (unpaired) electrons. The number of amides is 2. The number of hydrogen-bond donors (Lipinski definition) is 1. The summed E-state index contributed by atoms with van der Waals surface area (Å²) < 4.78 is 5.33. The molecular formula is C31H37N3O2. The average molecular weight is 484 g/mol. The van der Waals surface area contributed by atoms with Gasteiger partial charge in [-0.3, -0.25) is 0 Å². The number of nitrogens with zero attached hydrogens (tertiary/aromatic N) is 2. The number of methoxy groups -OCH3 is 1. The van der Waals surface area contributed by atoms with Crippen LogP contribution in [0.25, 0.3) is 0 Å². The van der Waals surface area contributed by atoms with Gasteiger partial charge in [0.15, 0.2) is 0 Å². The third kappa shape index (κ3) is 6.08. The van der Waals surface area contributed by atoms with Gasteiger partial charge in [0.05, 0.1) is 7.11 Å². The smallest absolute Gasteiger partial charge is 0.322 e. The maximum atomic E-state index is 13.4. The van der Waals surface area contributed by atoms with E-state index in [4.69, 9.17) is 4.74 Å². The molecule has 0 aromatic heterocycles. The molecule has 36 heavy (non-hydrogen) atoms. The van der Waals surface area contributed by atoms with Gasteiger partial charge in [0.25, 0.3) is 0 Å². The van der Waals surface area contributed by atoms with Crippen LogP contribution >= 0.6 is 0 Å². The number of anilines is 1. The zero-order chi connectivity index (χ0) is 24.7. The number of hydrogen-bond acceptors (Lipinski definition) is 3. The Bertz CT molecular complexity index is 1140. The monoisotopic (exact) mass is 483 g/mol. The first-order valence-electron chi connectivity index (χ1n) is 13.2. The lowest BCUT2D eigenvalue weighted by atomic mass is 9.89. The van der Waals surface area contributed by atoms with Crippen molar-refractivity contribution < 1.29 is 9.53 Å². The van der Waals surface area contributed by atoms with Gasteiger partial charge in [-0.1, -0.05) is 60.7 Å². The van der Waals surface area contributed by atoms with Crippen molar-refractivity contribution >= 4 is 11.7 Å². The number of carbonyl (C=O) groups is 1. The van der Waals surface area contributed by atoms with Gasteiger partial charge in [-0.15, -0.1) is 0 Å². The molecule has 188 valence electrons. The molecular weight excluding hydrogens is 446 g/mol. The topological polar surface area (TPSA) is 44.8 Å². The number of urea groups is 1. The number of fused-ring (bicyclic) bond motifs is 1. The number of piperidine rings is 1. The van der Waals surface area contributed by atoms with E-state index in [-0.39, 0.29) is 12.1 Å². The maximum Gasteiger partial charge on any atom is 0.322 e. The van der Waals surface area contributed by atoms with Crippen molar-refractivity contribution in [3.63, 3.8) is 0 Å². The fraction of sp³-hybridized carbons (Fsp3) is 0.387. The van der Waals surface area contributed by atoms with E-state index in [1.807, 2.05) is 29.2 Å². The molecule has 0 spiro atoms. The summed E-state index contributed by atoms with van der Waals surface area (Å²) in [6.45, 7) is 3.98. The molecule has 0 saturated carbocycles. The second-order valence-corrected chi connectivity index (χ2v) is 10.2. The van der Waals surface area contributed by atoms with Crippen LogP contribution in [-0.4, -0.2) is 48.6 Å². The SMILES string of the molecule is COc1cccc(NC(=O)N2Cc3ccccc3CC2CCN2CCC(Cc3ccccc3)CC2)c1. The molecule has 2 aliphatic rings. The molecule has 3 aromatic carbocycles. The van der Waals surface area contributed by atoms with Gasteiger partial charge in [-0.2, -0.15) is 0 Å². The van der Waals surface area contributed by atoms with Gasteiger partial charge in [0.2, 0.25) is 0 Å². The van der Waals surface area contributed by atoms with Crippen LogP contribution in [-0.2, 0) is 19.4 Å². The van der Waals surface area contributed by atoms with E-state index in [1.54, 1.807) is 7.11 Å². The lowest BCUT2D eigenvalue weighted by Gasteiger charge is -2.39. The third-order valence-electron chi connectivity index (χ3n) is 7.79. The molecule has 1 unspecified atom stereocenters. The number of likely N-dealkylation sites (tertiary alicyclic amines) is 1. The van der Waals surface area contributed by atoms with Crippen LogP contribution in [0.1, 0.15) is 36.0 Å². The minimum Gasteiger partial charge on any atom is -0.497 e. The molecule has 1 fully saturated rings. The maximum absolute atomic E-state index is 13.4. The van der Waals surface area contributed by atoms with Crippen LogP contribution in [0.5, 0.6) is 5.75 Å². The molecule has 5 rings (SSSR count). The Kier molecular flexibility index (Phi) is 7.87. The van der Waals surface area contributed by atoms with Crippen molar-refractivity contribution in [1.82, 2.24) is 9.80 Å². The zero-order valence-electron chi connectivity index (χ0n) is 21.2. The Labute approximate surface area is 215 Å². The summed E-state index contributed by atoms with van der Waals surface area (Å²) in [5.74, 6) is 1.51. The molecule has 1 N–H and O–H groups in total. The van der Waals surface area contributed by atoms with E-state index < -0.39 is 0 Å². The first kappa shape index (κ1) is 24.4. The van der Waals surface area contributed by atoms with Crippen molar-refractivity contribution in [1.29, 1.82) is 0 Å². The number of carbonyl (C=O) groups excluding carboxylic acids is 1. The molecule has 5 nitrogen and oxygen atoms in total. The summed E-state index contributed by atoms with van der Waals surface area (Å²) >= 11 is 0. The number of benzene rings is 3. The highest BCUT2D eigenvalue weighted by atomic mass is 16.5. The minimum absolute atomic E-state index is 0.0377. The van der Waals surface area contributed by atoms with Crippen LogP contribution in [0, 0.1) is 5.92 Å². The zero-order valence-corrected chi connectivity index (χ0v) is 21.2. The van der Waals surface area contributed by atoms with Crippen LogP contribution in [0.4, 0.5) is 10.5 Å². The van der Waals surface area contributed by atoms with E-state index in [2.05, 4.69) is 64.8 Å². The highest BCUT2D eigenvalue weighted by molar-refractivity contribution is 5.90. The van der Waals surface area contributed by atoms with Crippen LogP contribution in [0.3, 0.4) is 0 Å². The lowest BCUT2D eigenvalue weighted by molar-refractivity contribution is 0.141. The van der Waals surface area contributed by atoms with Crippen molar-refractivity contribution in [2.24, 2.45) is 5.92 Å². The largest absolute Gasteiger partial charge is 0.497 e. The molecule has 1 saturated heterocycles. The summed E-state index contributed by atoms with van der Waals surface area (Å²) in [6.07, 6.45) is 5.59. The van der Waals surface area contributed by atoms with Crippen molar-refractivity contribution in [2.75, 3.05) is 32.1 Å². The lowest BCUT2D eigenvalue weighted by Crippen LogP contribution is -2.48. The van der Waals surface area contributed by atoms with Gasteiger partial charge in [-0.05, 0) is 79.9 Å². The van der Waals surface area contributed by atoms with E-state index in [0.29, 0.717) is 6.54 Å². The van der Waals surface area contributed by atoms with E-state index >= 15 is 0 Å². The second-order valence-electron chi connectivity index (χ2n) is 10.2. The fourth-order valence-corrected chi connectivity index (χ4v) is 5.67. The van der Waals surface area contributed by atoms with Crippen LogP contribution in [0.15, 0.2) is 78.9 Å². The predicted molar refractivity (Wildman–Crippen MR) is 145 cm³/mol. The Hall–Kier alpha value is -3.31. The van der Waals surface area contributed by atoms with Crippen molar-refractivity contribution in [2.45, 2.75) is 44.7 Å². The first-order chi connectivity index (χ1) is 17.7.